The van der Waals surface area contributed by atoms with Gasteiger partial charge in [0.05, 0.1) is 24.1 Å². The first-order chi connectivity index (χ1) is 10.2. The van der Waals surface area contributed by atoms with Crippen molar-refractivity contribution in [1.82, 2.24) is 14.9 Å². The van der Waals surface area contributed by atoms with E-state index in [1.165, 1.54) is 0 Å². The summed E-state index contributed by atoms with van der Waals surface area (Å²) >= 11 is 0. The Kier molecular flexibility index (Phi) is 4.99. The highest BCUT2D eigenvalue weighted by Gasteiger charge is 2.15. The lowest BCUT2D eigenvalue weighted by atomic mass is 10.0. The number of nitrogens with zero attached hydrogens (tertiary/aromatic N) is 2. The van der Waals surface area contributed by atoms with Gasteiger partial charge in [-0.25, -0.2) is 4.98 Å². The van der Waals surface area contributed by atoms with Crippen LogP contribution < -0.4 is 5.32 Å². The number of hydrogen-bond acceptors (Lipinski definition) is 2. The Hall–Kier alpha value is -2.28. The molecular formula is C17H21N3O. The van der Waals surface area contributed by atoms with Crippen LogP contribution in [-0.2, 0) is 17.9 Å². The molecule has 1 aromatic heterocycles. The molecule has 1 N–H and O–H groups in total. The van der Waals surface area contributed by atoms with Crippen LogP contribution in [-0.4, -0.2) is 15.5 Å². The van der Waals surface area contributed by atoms with Crippen molar-refractivity contribution in [3.63, 3.8) is 0 Å². The molecule has 0 radical (unpaired) electrons. The highest BCUT2D eigenvalue weighted by molar-refractivity contribution is 5.79. The Morgan fingerprint density at radius 2 is 2.10 bits per heavy atom. The highest BCUT2D eigenvalue weighted by Crippen LogP contribution is 2.16. The second kappa shape index (κ2) is 6.94. The van der Waals surface area contributed by atoms with Gasteiger partial charge in [-0.3, -0.25) is 4.79 Å². The van der Waals surface area contributed by atoms with E-state index < -0.39 is 0 Å². The number of fused-ring (bicyclic) bond motifs is 1. The van der Waals surface area contributed by atoms with E-state index in [4.69, 9.17) is 6.42 Å². The number of imidazole rings is 1. The zero-order chi connectivity index (χ0) is 15.2. The molecule has 0 unspecified atom stereocenters. The van der Waals surface area contributed by atoms with Crippen molar-refractivity contribution in [1.29, 1.82) is 0 Å². The summed E-state index contributed by atoms with van der Waals surface area (Å²) in [6.45, 7) is 4.92. The second-order valence-electron chi connectivity index (χ2n) is 5.04. The Labute approximate surface area is 125 Å². The normalized spacial score (nSPS) is 10.8. The van der Waals surface area contributed by atoms with Gasteiger partial charge < -0.3 is 9.88 Å². The number of benzene rings is 1. The zero-order valence-corrected chi connectivity index (χ0v) is 12.6. The number of nitrogens with one attached hydrogen (secondary N) is 1. The summed E-state index contributed by atoms with van der Waals surface area (Å²) in [6.07, 6.45) is 7.14. The van der Waals surface area contributed by atoms with E-state index in [-0.39, 0.29) is 11.8 Å². The summed E-state index contributed by atoms with van der Waals surface area (Å²) < 4.78 is 1.97. The maximum absolute atomic E-state index is 12.1. The van der Waals surface area contributed by atoms with Crippen molar-refractivity contribution in [2.45, 2.75) is 39.8 Å². The monoisotopic (exact) mass is 283 g/mol. The van der Waals surface area contributed by atoms with Gasteiger partial charge in [0.1, 0.15) is 5.82 Å². The molecule has 1 heterocycles. The Bertz CT molecular complexity index is 662. The molecular weight excluding hydrogens is 262 g/mol. The van der Waals surface area contributed by atoms with Crippen LogP contribution in [0.1, 0.15) is 32.5 Å². The van der Waals surface area contributed by atoms with Gasteiger partial charge in [0.25, 0.3) is 0 Å². The fourth-order valence-electron chi connectivity index (χ4n) is 2.50. The van der Waals surface area contributed by atoms with Crippen molar-refractivity contribution in [3.05, 3.63) is 30.1 Å². The van der Waals surface area contributed by atoms with Gasteiger partial charge >= 0.3 is 0 Å². The highest BCUT2D eigenvalue weighted by atomic mass is 16.1. The molecule has 110 valence electrons. The molecule has 1 amide bonds. The number of amides is 1. The van der Waals surface area contributed by atoms with E-state index in [1.54, 1.807) is 0 Å². The molecule has 1 aromatic carbocycles. The zero-order valence-electron chi connectivity index (χ0n) is 12.6. The molecule has 2 rings (SSSR count). The van der Waals surface area contributed by atoms with Gasteiger partial charge in [0.15, 0.2) is 0 Å². The van der Waals surface area contributed by atoms with Gasteiger partial charge in [-0.15, -0.1) is 6.42 Å². The van der Waals surface area contributed by atoms with Crippen LogP contribution in [0.2, 0.25) is 0 Å². The van der Waals surface area contributed by atoms with Crippen LogP contribution in [0.5, 0.6) is 0 Å². The molecule has 0 aliphatic carbocycles. The van der Waals surface area contributed by atoms with Gasteiger partial charge in [-0.2, -0.15) is 0 Å². The largest absolute Gasteiger partial charge is 0.349 e. The summed E-state index contributed by atoms with van der Waals surface area (Å²) in [5.41, 5.74) is 1.90. The average molecular weight is 283 g/mol. The molecule has 0 saturated carbocycles. The minimum atomic E-state index is 0.0652. The van der Waals surface area contributed by atoms with Gasteiger partial charge in [0, 0.05) is 5.92 Å². The number of aromatic nitrogens is 2. The minimum absolute atomic E-state index is 0.0652. The lowest BCUT2D eigenvalue weighted by Gasteiger charge is -2.13. The number of para-hydroxylation sites is 2. The summed E-state index contributed by atoms with van der Waals surface area (Å²) in [5.74, 6) is 3.59. The van der Waals surface area contributed by atoms with E-state index in [0.29, 0.717) is 13.1 Å². The Balaban J connectivity index is 2.20. The third-order valence-corrected chi connectivity index (χ3v) is 3.76. The van der Waals surface area contributed by atoms with Crippen molar-refractivity contribution < 1.29 is 4.79 Å². The van der Waals surface area contributed by atoms with Crippen molar-refractivity contribution in [2.75, 3.05) is 0 Å². The number of rotatable bonds is 6. The second-order valence-corrected chi connectivity index (χ2v) is 5.04. The number of carbonyl (C=O) groups excluding carboxylic acids is 1. The molecule has 0 aliphatic heterocycles. The molecule has 0 aliphatic rings. The predicted molar refractivity (Wildman–Crippen MR) is 84.5 cm³/mol. The lowest BCUT2D eigenvalue weighted by Crippen LogP contribution is -2.30. The van der Waals surface area contributed by atoms with E-state index in [0.717, 1.165) is 29.7 Å². The number of hydrogen-bond donors (Lipinski definition) is 1. The maximum Gasteiger partial charge on any atom is 0.223 e. The summed E-state index contributed by atoms with van der Waals surface area (Å²) in [7, 11) is 0. The summed E-state index contributed by atoms with van der Waals surface area (Å²) in [5, 5.41) is 2.97. The first-order valence-electron chi connectivity index (χ1n) is 7.36. The first-order valence-corrected chi connectivity index (χ1v) is 7.36. The number of carbonyl (C=O) groups is 1. The average Bonchev–Trinajstić information content (AvgIpc) is 2.85. The molecule has 21 heavy (non-hydrogen) atoms. The van der Waals surface area contributed by atoms with E-state index >= 15 is 0 Å². The smallest absolute Gasteiger partial charge is 0.223 e. The molecule has 0 saturated heterocycles. The van der Waals surface area contributed by atoms with Crippen LogP contribution >= 0.6 is 0 Å². The molecule has 0 spiro atoms. The van der Waals surface area contributed by atoms with E-state index in [1.807, 2.05) is 42.7 Å². The van der Waals surface area contributed by atoms with Crippen LogP contribution in [0, 0.1) is 18.3 Å². The van der Waals surface area contributed by atoms with Crippen LogP contribution in [0.4, 0.5) is 0 Å². The molecule has 2 aromatic rings. The van der Waals surface area contributed by atoms with E-state index in [2.05, 4.69) is 16.2 Å². The Morgan fingerprint density at radius 3 is 2.76 bits per heavy atom. The topological polar surface area (TPSA) is 46.9 Å². The molecule has 4 heteroatoms. The van der Waals surface area contributed by atoms with Crippen LogP contribution in [0.3, 0.4) is 0 Å². The lowest BCUT2D eigenvalue weighted by molar-refractivity contribution is -0.125. The molecule has 0 atom stereocenters. The van der Waals surface area contributed by atoms with Crippen LogP contribution in [0.25, 0.3) is 11.0 Å². The first kappa shape index (κ1) is 15.1. The minimum Gasteiger partial charge on any atom is -0.349 e. The van der Waals surface area contributed by atoms with Gasteiger partial charge in [-0.1, -0.05) is 31.9 Å². The van der Waals surface area contributed by atoms with Crippen molar-refractivity contribution >= 4 is 16.9 Å². The third-order valence-electron chi connectivity index (χ3n) is 3.76. The maximum atomic E-state index is 12.1. The SMILES string of the molecule is C#CCn1c(CNC(=O)C(CC)CC)nc2ccccc21. The molecule has 4 nitrogen and oxygen atoms in total. The fourth-order valence-corrected chi connectivity index (χ4v) is 2.50. The van der Waals surface area contributed by atoms with Crippen molar-refractivity contribution in [3.8, 4) is 12.3 Å². The summed E-state index contributed by atoms with van der Waals surface area (Å²) in [6, 6.07) is 7.85. The van der Waals surface area contributed by atoms with E-state index in [9.17, 15) is 4.79 Å². The quantitative estimate of drug-likeness (QED) is 0.829. The van der Waals surface area contributed by atoms with Gasteiger partial charge in [-0.05, 0) is 25.0 Å². The molecule has 0 fully saturated rings. The van der Waals surface area contributed by atoms with Crippen LogP contribution in [0.15, 0.2) is 24.3 Å². The fraction of sp³-hybridized carbons (Fsp3) is 0.412. The third kappa shape index (κ3) is 3.25. The molecule has 0 bridgehead atoms. The van der Waals surface area contributed by atoms with Gasteiger partial charge in [0.2, 0.25) is 5.91 Å². The standard InChI is InChI=1S/C17H21N3O/c1-4-11-20-15-10-8-7-9-14(15)19-16(20)12-18-17(21)13(5-2)6-3/h1,7-10,13H,5-6,11-12H2,2-3H3,(H,18,21). The predicted octanol–water partition coefficient (Wildman–Crippen LogP) is 2.72. The summed E-state index contributed by atoms with van der Waals surface area (Å²) in [4.78, 5) is 16.6. The number of terminal acetylenes is 1. The Morgan fingerprint density at radius 1 is 1.38 bits per heavy atom. The van der Waals surface area contributed by atoms with Crippen molar-refractivity contribution in [2.24, 2.45) is 5.92 Å².